The average molecular weight is 569 g/mol. The first-order chi connectivity index (χ1) is 20.9. The second-order valence-corrected chi connectivity index (χ2v) is 11.6. The number of anilines is 1. The SMILES string of the molecule is CCCOc1ccc(C(=O)[C@@H]2[C@H](C(=O)c3ccc(C)cc3)N3C=Cc4ccccc4[C@@H]3[C@@]23C(=O)Nc2ccccc23)cc1. The molecule has 0 aliphatic carbocycles. The summed E-state index contributed by atoms with van der Waals surface area (Å²) in [4.78, 5) is 46.1. The van der Waals surface area contributed by atoms with E-state index in [9.17, 15) is 14.4 Å². The van der Waals surface area contributed by atoms with Gasteiger partial charge >= 0.3 is 0 Å². The van der Waals surface area contributed by atoms with Crippen molar-refractivity contribution in [1.82, 2.24) is 4.90 Å². The van der Waals surface area contributed by atoms with Gasteiger partial charge in [0.15, 0.2) is 11.6 Å². The van der Waals surface area contributed by atoms with Crippen LogP contribution < -0.4 is 10.1 Å². The lowest BCUT2D eigenvalue weighted by molar-refractivity contribution is -0.122. The maximum Gasteiger partial charge on any atom is 0.238 e. The van der Waals surface area contributed by atoms with E-state index in [0.717, 1.165) is 28.7 Å². The molecule has 1 spiro atoms. The highest BCUT2D eigenvalue weighted by Crippen LogP contribution is 2.62. The fourth-order valence-electron chi connectivity index (χ4n) is 7.17. The van der Waals surface area contributed by atoms with Crippen LogP contribution in [0.5, 0.6) is 5.75 Å². The molecule has 0 unspecified atom stereocenters. The van der Waals surface area contributed by atoms with E-state index in [1.54, 1.807) is 24.3 Å². The molecule has 3 aliphatic rings. The highest BCUT2D eigenvalue weighted by molar-refractivity contribution is 6.16. The smallest absolute Gasteiger partial charge is 0.238 e. The molecule has 6 nitrogen and oxygen atoms in total. The normalized spacial score (nSPS) is 23.0. The summed E-state index contributed by atoms with van der Waals surface area (Å²) in [5.74, 6) is -1.04. The van der Waals surface area contributed by atoms with Gasteiger partial charge in [-0.15, -0.1) is 0 Å². The number of nitrogens with one attached hydrogen (secondary N) is 1. The lowest BCUT2D eigenvalue weighted by Crippen LogP contribution is -2.49. The first-order valence-electron chi connectivity index (χ1n) is 14.8. The summed E-state index contributed by atoms with van der Waals surface area (Å²) in [6, 6.07) is 28.5. The van der Waals surface area contributed by atoms with E-state index in [2.05, 4.69) is 5.32 Å². The van der Waals surface area contributed by atoms with Gasteiger partial charge in [-0.25, -0.2) is 0 Å². The third kappa shape index (κ3) is 4.04. The van der Waals surface area contributed by atoms with Crippen molar-refractivity contribution >= 4 is 29.2 Å². The third-order valence-corrected chi connectivity index (χ3v) is 9.07. The van der Waals surface area contributed by atoms with Crippen molar-refractivity contribution in [3.8, 4) is 5.75 Å². The number of Topliss-reactive ketones (excluding diaryl/α,β-unsaturated/α-hetero) is 2. The second kappa shape index (κ2) is 10.4. The number of carbonyl (C=O) groups excluding carboxylic acids is 3. The molecule has 214 valence electrons. The van der Waals surface area contributed by atoms with Crippen LogP contribution in [0.25, 0.3) is 6.08 Å². The van der Waals surface area contributed by atoms with Crippen LogP contribution >= 0.6 is 0 Å². The van der Waals surface area contributed by atoms with E-state index in [1.807, 2.05) is 104 Å². The quantitative estimate of drug-likeness (QED) is 0.249. The molecule has 4 aromatic carbocycles. The summed E-state index contributed by atoms with van der Waals surface area (Å²) in [5, 5.41) is 3.10. The van der Waals surface area contributed by atoms with E-state index in [0.29, 0.717) is 29.2 Å². The Labute approximate surface area is 251 Å². The van der Waals surface area contributed by atoms with Gasteiger partial charge in [0, 0.05) is 23.0 Å². The van der Waals surface area contributed by atoms with Crippen LogP contribution in [0.3, 0.4) is 0 Å². The minimum Gasteiger partial charge on any atom is -0.494 e. The molecular formula is C37H32N2O4. The summed E-state index contributed by atoms with van der Waals surface area (Å²) in [5.41, 5.74) is 3.91. The topological polar surface area (TPSA) is 75.7 Å². The molecule has 4 aromatic rings. The van der Waals surface area contributed by atoms with E-state index in [1.165, 1.54) is 0 Å². The van der Waals surface area contributed by atoms with Crippen molar-refractivity contribution in [2.75, 3.05) is 11.9 Å². The molecule has 0 saturated carbocycles. The molecule has 0 radical (unpaired) electrons. The summed E-state index contributed by atoms with van der Waals surface area (Å²) in [7, 11) is 0. The van der Waals surface area contributed by atoms with Crippen LogP contribution in [0.15, 0.2) is 103 Å². The lowest BCUT2D eigenvalue weighted by Gasteiger charge is -2.38. The minimum absolute atomic E-state index is 0.190. The van der Waals surface area contributed by atoms with Crippen molar-refractivity contribution in [2.45, 2.75) is 37.8 Å². The minimum atomic E-state index is -1.35. The number of ketones is 2. The summed E-state index contributed by atoms with van der Waals surface area (Å²) in [6.45, 7) is 4.58. The van der Waals surface area contributed by atoms with Gasteiger partial charge in [-0.05, 0) is 66.4 Å². The molecule has 1 fully saturated rings. The molecule has 4 atom stereocenters. The van der Waals surface area contributed by atoms with Crippen molar-refractivity contribution in [2.24, 2.45) is 5.92 Å². The van der Waals surface area contributed by atoms with Gasteiger partial charge in [-0.3, -0.25) is 14.4 Å². The number of aryl methyl sites for hydroxylation is 1. The van der Waals surface area contributed by atoms with Crippen molar-refractivity contribution in [3.63, 3.8) is 0 Å². The number of hydrogen-bond acceptors (Lipinski definition) is 5. The number of carbonyl (C=O) groups is 3. The Hall–Kier alpha value is -4.97. The summed E-state index contributed by atoms with van der Waals surface area (Å²) < 4.78 is 5.77. The molecule has 3 aliphatic heterocycles. The van der Waals surface area contributed by atoms with Gasteiger partial charge in [-0.1, -0.05) is 79.2 Å². The van der Waals surface area contributed by atoms with Crippen LogP contribution in [0.2, 0.25) is 0 Å². The summed E-state index contributed by atoms with van der Waals surface area (Å²) >= 11 is 0. The number of amides is 1. The number of benzene rings is 4. The lowest BCUT2D eigenvalue weighted by atomic mass is 9.62. The third-order valence-electron chi connectivity index (χ3n) is 9.07. The van der Waals surface area contributed by atoms with Crippen LogP contribution in [-0.4, -0.2) is 35.0 Å². The number of fused-ring (bicyclic) bond motifs is 6. The first-order valence-corrected chi connectivity index (χ1v) is 14.8. The van der Waals surface area contributed by atoms with E-state index in [4.69, 9.17) is 4.74 Å². The number of nitrogens with zero attached hydrogens (tertiary/aromatic N) is 1. The van der Waals surface area contributed by atoms with Gasteiger partial charge in [-0.2, -0.15) is 0 Å². The van der Waals surface area contributed by atoms with Crippen LogP contribution in [0.4, 0.5) is 5.69 Å². The zero-order valence-electron chi connectivity index (χ0n) is 24.1. The Morgan fingerprint density at radius 2 is 1.53 bits per heavy atom. The largest absolute Gasteiger partial charge is 0.494 e. The molecule has 0 aromatic heterocycles. The molecule has 43 heavy (non-hydrogen) atoms. The maximum atomic E-state index is 14.9. The van der Waals surface area contributed by atoms with Gasteiger partial charge in [0.05, 0.1) is 18.6 Å². The van der Waals surface area contributed by atoms with Gasteiger partial charge < -0.3 is 15.0 Å². The Bertz CT molecular complexity index is 1780. The van der Waals surface area contributed by atoms with E-state index >= 15 is 0 Å². The fraction of sp³-hybridized carbons (Fsp3) is 0.216. The number of ether oxygens (including phenoxy) is 1. The Morgan fingerprint density at radius 3 is 2.30 bits per heavy atom. The monoisotopic (exact) mass is 568 g/mol. The Kier molecular flexibility index (Phi) is 6.50. The predicted molar refractivity (Wildman–Crippen MR) is 166 cm³/mol. The molecular weight excluding hydrogens is 536 g/mol. The molecule has 1 N–H and O–H groups in total. The number of hydrogen-bond donors (Lipinski definition) is 1. The Balaban J connectivity index is 1.47. The van der Waals surface area contributed by atoms with E-state index < -0.39 is 23.4 Å². The number of para-hydroxylation sites is 1. The van der Waals surface area contributed by atoms with Crippen LogP contribution in [-0.2, 0) is 10.2 Å². The van der Waals surface area contributed by atoms with Gasteiger partial charge in [0.25, 0.3) is 0 Å². The average Bonchev–Trinajstić information content (AvgIpc) is 3.52. The number of rotatable bonds is 7. The van der Waals surface area contributed by atoms with Gasteiger partial charge in [0.1, 0.15) is 17.2 Å². The first kappa shape index (κ1) is 26.9. The maximum absolute atomic E-state index is 14.9. The fourth-order valence-corrected chi connectivity index (χ4v) is 7.17. The standard InChI is InChI=1S/C37H32N2O4/c1-3-22-43-27-18-16-25(17-19-27)33(40)31-32(34(41)26-14-12-23(2)13-15-26)39-21-20-24-8-4-5-9-28(24)35(39)37(31)29-10-6-7-11-30(29)38-36(37)42/h4-21,31-32,35H,3,22H2,1-2H3,(H,38,42)/t31-,32+,35+,37-/m0/s1. The molecule has 1 saturated heterocycles. The zero-order valence-corrected chi connectivity index (χ0v) is 24.1. The predicted octanol–water partition coefficient (Wildman–Crippen LogP) is 6.77. The molecule has 6 heteroatoms. The van der Waals surface area contributed by atoms with Gasteiger partial charge in [0.2, 0.25) is 5.91 Å². The Morgan fingerprint density at radius 1 is 0.860 bits per heavy atom. The zero-order chi connectivity index (χ0) is 29.7. The van der Waals surface area contributed by atoms with Crippen molar-refractivity contribution < 1.29 is 19.1 Å². The highest BCUT2D eigenvalue weighted by atomic mass is 16.5. The highest BCUT2D eigenvalue weighted by Gasteiger charge is 2.70. The van der Waals surface area contributed by atoms with Crippen LogP contribution in [0, 0.1) is 12.8 Å². The van der Waals surface area contributed by atoms with E-state index in [-0.39, 0.29) is 17.5 Å². The molecule has 7 rings (SSSR count). The molecule has 0 bridgehead atoms. The summed E-state index contributed by atoms with van der Waals surface area (Å²) in [6.07, 6.45) is 4.74. The van der Waals surface area contributed by atoms with Crippen molar-refractivity contribution in [1.29, 1.82) is 0 Å². The van der Waals surface area contributed by atoms with Crippen molar-refractivity contribution in [3.05, 3.63) is 137 Å². The van der Waals surface area contributed by atoms with Crippen LogP contribution in [0.1, 0.15) is 62.4 Å². The molecule has 3 heterocycles. The molecule has 1 amide bonds. The second-order valence-electron chi connectivity index (χ2n) is 11.6.